The second-order valence-corrected chi connectivity index (χ2v) is 6.29. The molecule has 0 saturated carbocycles. The summed E-state index contributed by atoms with van der Waals surface area (Å²) in [6, 6.07) is 18.0. The minimum atomic E-state index is 0. The molecule has 0 spiro atoms. The van der Waals surface area contributed by atoms with E-state index >= 15 is 0 Å². The molecule has 0 bridgehead atoms. The van der Waals surface area contributed by atoms with Crippen molar-refractivity contribution in [2.75, 3.05) is 13.6 Å². The lowest BCUT2D eigenvalue weighted by molar-refractivity contribution is 0.794. The normalized spacial score (nSPS) is 11.0. The van der Waals surface area contributed by atoms with Gasteiger partial charge in [0.05, 0.1) is 11.9 Å². The van der Waals surface area contributed by atoms with Gasteiger partial charge in [0.25, 0.3) is 0 Å². The molecule has 0 aliphatic heterocycles. The lowest BCUT2D eigenvalue weighted by atomic mass is 10.1. The first-order valence-electron chi connectivity index (χ1n) is 8.52. The Labute approximate surface area is 181 Å². The van der Waals surface area contributed by atoms with Gasteiger partial charge in [-0.2, -0.15) is 5.10 Å². The van der Waals surface area contributed by atoms with Gasteiger partial charge in [-0.25, -0.2) is 4.68 Å². The summed E-state index contributed by atoms with van der Waals surface area (Å²) in [6.07, 6.45) is 4.79. The van der Waals surface area contributed by atoms with Crippen LogP contribution in [-0.2, 0) is 13.0 Å². The van der Waals surface area contributed by atoms with Gasteiger partial charge in [-0.1, -0.05) is 41.9 Å². The number of halogens is 2. The van der Waals surface area contributed by atoms with Gasteiger partial charge in [0.15, 0.2) is 5.96 Å². The van der Waals surface area contributed by atoms with Crippen LogP contribution in [0.5, 0.6) is 0 Å². The van der Waals surface area contributed by atoms with Crippen LogP contribution in [0.4, 0.5) is 0 Å². The number of nitrogens with zero attached hydrogens (tertiary/aromatic N) is 3. The standard InChI is InChI=1S/C20H22ClN5.HI/c1-22-20(23-12-11-16-5-3-2-4-6-16)24-13-17-14-25-26(15-17)19-9-7-18(21)8-10-19;/h2-10,14-15H,11-13H2,1H3,(H2,22,23,24);1H. The van der Waals surface area contributed by atoms with E-state index in [1.165, 1.54) is 5.56 Å². The van der Waals surface area contributed by atoms with Crippen LogP contribution in [0, 0.1) is 0 Å². The fourth-order valence-electron chi connectivity index (χ4n) is 2.56. The third-order valence-electron chi connectivity index (χ3n) is 3.96. The minimum Gasteiger partial charge on any atom is -0.356 e. The number of hydrogen-bond acceptors (Lipinski definition) is 2. The van der Waals surface area contributed by atoms with E-state index in [9.17, 15) is 0 Å². The first-order chi connectivity index (χ1) is 12.7. The maximum absolute atomic E-state index is 5.93. The molecular weight excluding hydrogens is 473 g/mol. The second-order valence-electron chi connectivity index (χ2n) is 5.86. The van der Waals surface area contributed by atoms with Gasteiger partial charge in [0, 0.05) is 36.9 Å². The summed E-state index contributed by atoms with van der Waals surface area (Å²) in [5.41, 5.74) is 3.36. The molecule has 0 unspecified atom stereocenters. The van der Waals surface area contributed by atoms with Crippen molar-refractivity contribution in [3.05, 3.63) is 83.1 Å². The number of benzene rings is 2. The average molecular weight is 496 g/mol. The van der Waals surface area contributed by atoms with Gasteiger partial charge < -0.3 is 10.6 Å². The Morgan fingerprint density at radius 1 is 1.04 bits per heavy atom. The maximum atomic E-state index is 5.93. The predicted molar refractivity (Wildman–Crippen MR) is 122 cm³/mol. The number of guanidine groups is 1. The van der Waals surface area contributed by atoms with E-state index < -0.39 is 0 Å². The molecule has 142 valence electrons. The highest BCUT2D eigenvalue weighted by molar-refractivity contribution is 14.0. The third kappa shape index (κ3) is 6.55. The molecule has 1 aromatic heterocycles. The zero-order valence-corrected chi connectivity index (χ0v) is 18.2. The summed E-state index contributed by atoms with van der Waals surface area (Å²) in [5, 5.41) is 11.8. The van der Waals surface area contributed by atoms with Gasteiger partial charge in [0.1, 0.15) is 0 Å². The van der Waals surface area contributed by atoms with E-state index in [0.29, 0.717) is 11.6 Å². The highest BCUT2D eigenvalue weighted by Crippen LogP contribution is 2.13. The summed E-state index contributed by atoms with van der Waals surface area (Å²) in [7, 11) is 1.77. The molecule has 0 atom stereocenters. The zero-order chi connectivity index (χ0) is 18.2. The summed E-state index contributed by atoms with van der Waals surface area (Å²) < 4.78 is 1.83. The Morgan fingerprint density at radius 2 is 1.78 bits per heavy atom. The molecule has 0 amide bonds. The summed E-state index contributed by atoms with van der Waals surface area (Å²) >= 11 is 5.93. The molecule has 1 heterocycles. The Hall–Kier alpha value is -2.06. The van der Waals surface area contributed by atoms with Crippen molar-refractivity contribution in [2.24, 2.45) is 4.99 Å². The Kier molecular flexibility index (Phi) is 8.60. The Morgan fingerprint density at radius 3 is 2.48 bits per heavy atom. The second kappa shape index (κ2) is 10.9. The summed E-state index contributed by atoms with van der Waals surface area (Å²) in [4.78, 5) is 4.26. The number of aromatic nitrogens is 2. The van der Waals surface area contributed by atoms with Crippen molar-refractivity contribution in [1.82, 2.24) is 20.4 Å². The maximum Gasteiger partial charge on any atom is 0.191 e. The first-order valence-corrected chi connectivity index (χ1v) is 8.90. The fraction of sp³-hybridized carbons (Fsp3) is 0.200. The van der Waals surface area contributed by atoms with Crippen molar-refractivity contribution >= 4 is 41.5 Å². The average Bonchev–Trinajstić information content (AvgIpc) is 3.15. The smallest absolute Gasteiger partial charge is 0.191 e. The lowest BCUT2D eigenvalue weighted by Crippen LogP contribution is -2.37. The van der Waals surface area contributed by atoms with E-state index in [4.69, 9.17) is 11.6 Å². The van der Waals surface area contributed by atoms with Crippen molar-refractivity contribution in [3.8, 4) is 5.69 Å². The Balaban J connectivity index is 0.00000261. The molecule has 0 aliphatic rings. The lowest BCUT2D eigenvalue weighted by Gasteiger charge is -2.11. The van der Waals surface area contributed by atoms with Crippen LogP contribution < -0.4 is 10.6 Å². The minimum absolute atomic E-state index is 0. The van der Waals surface area contributed by atoms with E-state index in [-0.39, 0.29) is 24.0 Å². The van der Waals surface area contributed by atoms with Gasteiger partial charge in [-0.15, -0.1) is 24.0 Å². The van der Waals surface area contributed by atoms with Crippen molar-refractivity contribution in [2.45, 2.75) is 13.0 Å². The number of nitrogens with one attached hydrogen (secondary N) is 2. The molecule has 2 N–H and O–H groups in total. The number of aliphatic imine (C=N–C) groups is 1. The molecule has 0 saturated heterocycles. The van der Waals surface area contributed by atoms with Crippen molar-refractivity contribution < 1.29 is 0 Å². The number of rotatable bonds is 6. The van der Waals surface area contributed by atoms with Crippen LogP contribution in [0.2, 0.25) is 5.02 Å². The highest BCUT2D eigenvalue weighted by atomic mass is 127. The topological polar surface area (TPSA) is 54.2 Å². The van der Waals surface area contributed by atoms with Crippen LogP contribution in [-0.4, -0.2) is 29.3 Å². The number of hydrogen-bond donors (Lipinski definition) is 2. The Bertz CT molecular complexity index is 846. The first kappa shape index (κ1) is 21.2. The molecule has 0 fully saturated rings. The molecule has 3 rings (SSSR count). The molecule has 2 aromatic carbocycles. The monoisotopic (exact) mass is 495 g/mol. The van der Waals surface area contributed by atoms with Gasteiger partial charge in [-0.05, 0) is 36.2 Å². The van der Waals surface area contributed by atoms with Crippen molar-refractivity contribution in [1.29, 1.82) is 0 Å². The SMILES string of the molecule is CN=C(NCCc1ccccc1)NCc1cnn(-c2ccc(Cl)cc2)c1.I. The van der Waals surface area contributed by atoms with Gasteiger partial charge in [0.2, 0.25) is 0 Å². The van der Waals surface area contributed by atoms with Crippen LogP contribution in [0.15, 0.2) is 72.0 Å². The van der Waals surface area contributed by atoms with E-state index in [1.54, 1.807) is 7.05 Å². The highest BCUT2D eigenvalue weighted by Gasteiger charge is 2.03. The van der Waals surface area contributed by atoms with Crippen LogP contribution in [0.1, 0.15) is 11.1 Å². The van der Waals surface area contributed by atoms with E-state index in [1.807, 2.05) is 47.4 Å². The van der Waals surface area contributed by atoms with Crippen LogP contribution in [0.25, 0.3) is 5.69 Å². The third-order valence-corrected chi connectivity index (χ3v) is 4.21. The van der Waals surface area contributed by atoms with Crippen LogP contribution in [0.3, 0.4) is 0 Å². The quantitative estimate of drug-likeness (QED) is 0.308. The van der Waals surface area contributed by atoms with Gasteiger partial charge in [-0.3, -0.25) is 4.99 Å². The molecule has 27 heavy (non-hydrogen) atoms. The molecule has 5 nitrogen and oxygen atoms in total. The molecular formula is C20H23ClIN5. The predicted octanol–water partition coefficient (Wildman–Crippen LogP) is 4.05. The van der Waals surface area contributed by atoms with Gasteiger partial charge >= 0.3 is 0 Å². The molecule has 3 aromatic rings. The summed E-state index contributed by atoms with van der Waals surface area (Å²) in [6.45, 7) is 1.48. The zero-order valence-electron chi connectivity index (χ0n) is 15.1. The van der Waals surface area contributed by atoms with E-state index in [2.05, 4.69) is 45.0 Å². The summed E-state index contributed by atoms with van der Waals surface area (Å²) in [5.74, 6) is 0.778. The molecule has 0 aliphatic carbocycles. The fourth-order valence-corrected chi connectivity index (χ4v) is 2.69. The molecule has 7 heteroatoms. The van der Waals surface area contributed by atoms with Crippen molar-refractivity contribution in [3.63, 3.8) is 0 Å². The van der Waals surface area contributed by atoms with E-state index in [0.717, 1.165) is 30.2 Å². The largest absolute Gasteiger partial charge is 0.356 e. The van der Waals surface area contributed by atoms with Crippen LogP contribution >= 0.6 is 35.6 Å². The molecule has 0 radical (unpaired) electrons.